The summed E-state index contributed by atoms with van der Waals surface area (Å²) in [4.78, 5) is 38.1. The van der Waals surface area contributed by atoms with Gasteiger partial charge in [-0.05, 0) is 51.4 Å². The Balaban J connectivity index is 4.16. The molecule has 0 aromatic heterocycles. The molecule has 6 heteroatoms. The molecule has 0 bridgehead atoms. The molecule has 0 rings (SSSR count). The molecule has 0 fully saturated rings. The maximum atomic E-state index is 12.8. The summed E-state index contributed by atoms with van der Waals surface area (Å²) in [7, 11) is 0. The Bertz CT molecular complexity index is 1100. The quantitative estimate of drug-likeness (QED) is 0.0262. The molecule has 0 aliphatic rings. The Kier molecular flexibility index (Phi) is 55.7. The fourth-order valence-electron chi connectivity index (χ4n) is 9.12. The highest BCUT2D eigenvalue weighted by atomic mass is 16.6. The van der Waals surface area contributed by atoms with Crippen LogP contribution >= 0.6 is 0 Å². The van der Waals surface area contributed by atoms with Crippen molar-refractivity contribution in [3.05, 3.63) is 24.3 Å². The number of hydrogen-bond donors (Lipinski definition) is 0. The van der Waals surface area contributed by atoms with E-state index in [9.17, 15) is 14.4 Å². The summed E-state index contributed by atoms with van der Waals surface area (Å²) in [5, 5.41) is 0. The number of rotatable bonds is 56. The molecule has 0 aromatic carbocycles. The Hall–Kier alpha value is -2.11. The maximum Gasteiger partial charge on any atom is 0.306 e. The van der Waals surface area contributed by atoms with E-state index in [4.69, 9.17) is 14.2 Å². The van der Waals surface area contributed by atoms with Gasteiger partial charge in [0, 0.05) is 19.3 Å². The summed E-state index contributed by atoms with van der Waals surface area (Å²) in [5.41, 5.74) is 0. The van der Waals surface area contributed by atoms with E-state index in [1.54, 1.807) is 0 Å². The molecule has 400 valence electrons. The van der Waals surface area contributed by atoms with Crippen molar-refractivity contribution in [2.24, 2.45) is 0 Å². The van der Waals surface area contributed by atoms with Crippen LogP contribution in [0.5, 0.6) is 0 Å². The molecule has 0 saturated carbocycles. The lowest BCUT2D eigenvalue weighted by Crippen LogP contribution is -2.30. The predicted octanol–water partition coefficient (Wildman–Crippen LogP) is 20.3. The summed E-state index contributed by atoms with van der Waals surface area (Å²) < 4.78 is 16.8. The molecule has 0 N–H and O–H groups in total. The van der Waals surface area contributed by atoms with Gasteiger partial charge in [0.05, 0.1) is 0 Å². The first-order valence-electron chi connectivity index (χ1n) is 30.3. The van der Waals surface area contributed by atoms with Gasteiger partial charge in [0.25, 0.3) is 0 Å². The van der Waals surface area contributed by atoms with Crippen LogP contribution in [-0.2, 0) is 28.6 Å². The van der Waals surface area contributed by atoms with E-state index in [2.05, 4.69) is 45.1 Å². The first-order valence-corrected chi connectivity index (χ1v) is 30.3. The molecule has 1 unspecified atom stereocenters. The Morgan fingerprint density at radius 1 is 0.294 bits per heavy atom. The summed E-state index contributed by atoms with van der Waals surface area (Å²) >= 11 is 0. The topological polar surface area (TPSA) is 78.9 Å². The standard InChI is InChI=1S/C62H116O6/c1-4-7-10-13-16-19-21-23-25-27-29-30-31-32-34-35-37-39-41-43-46-49-52-55-61(64)67-58-59(57-66-60(63)54-51-48-45-18-15-12-9-6-3)68-62(65)56-53-50-47-44-42-40-38-36-33-28-26-24-22-20-17-14-11-8-5-2/h21,23,27,29,59H,4-20,22,24-26,28,30-58H2,1-3H3/b23-21-,29-27-. The number of allylic oxidation sites excluding steroid dienone is 4. The Labute approximate surface area is 423 Å². The molecule has 1 atom stereocenters. The maximum absolute atomic E-state index is 12.8. The van der Waals surface area contributed by atoms with Crippen molar-refractivity contribution in [3.63, 3.8) is 0 Å². The molecule has 0 saturated heterocycles. The van der Waals surface area contributed by atoms with Crippen molar-refractivity contribution in [2.45, 2.75) is 341 Å². The zero-order chi connectivity index (χ0) is 49.3. The third kappa shape index (κ3) is 54.8. The monoisotopic (exact) mass is 957 g/mol. The van der Waals surface area contributed by atoms with Gasteiger partial charge < -0.3 is 14.2 Å². The number of ether oxygens (including phenoxy) is 3. The second-order valence-corrected chi connectivity index (χ2v) is 20.6. The van der Waals surface area contributed by atoms with Crippen LogP contribution in [0.2, 0.25) is 0 Å². The number of unbranched alkanes of at least 4 members (excludes halogenated alkanes) is 41. The minimum atomic E-state index is -0.766. The Morgan fingerprint density at radius 3 is 0.809 bits per heavy atom. The van der Waals surface area contributed by atoms with Crippen molar-refractivity contribution >= 4 is 17.9 Å². The van der Waals surface area contributed by atoms with Gasteiger partial charge in [0.1, 0.15) is 13.2 Å². The van der Waals surface area contributed by atoms with Crippen LogP contribution in [0, 0.1) is 0 Å². The first-order chi connectivity index (χ1) is 33.5. The smallest absolute Gasteiger partial charge is 0.306 e. The molecule has 0 aromatic rings. The minimum absolute atomic E-state index is 0.0666. The summed E-state index contributed by atoms with van der Waals surface area (Å²) in [6, 6.07) is 0. The third-order valence-electron chi connectivity index (χ3n) is 13.7. The molecule has 0 aliphatic heterocycles. The number of hydrogen-bond acceptors (Lipinski definition) is 6. The van der Waals surface area contributed by atoms with Crippen LogP contribution in [0.1, 0.15) is 335 Å². The van der Waals surface area contributed by atoms with E-state index in [1.165, 1.54) is 231 Å². The van der Waals surface area contributed by atoms with Crippen molar-refractivity contribution in [3.8, 4) is 0 Å². The van der Waals surface area contributed by atoms with Crippen LogP contribution in [-0.4, -0.2) is 37.2 Å². The van der Waals surface area contributed by atoms with Gasteiger partial charge in [-0.15, -0.1) is 0 Å². The van der Waals surface area contributed by atoms with Crippen LogP contribution in [0.25, 0.3) is 0 Å². The van der Waals surface area contributed by atoms with Gasteiger partial charge in [-0.3, -0.25) is 14.4 Å². The Morgan fingerprint density at radius 2 is 0.529 bits per heavy atom. The zero-order valence-corrected chi connectivity index (χ0v) is 45.9. The number of esters is 3. The minimum Gasteiger partial charge on any atom is -0.462 e. The summed E-state index contributed by atoms with van der Waals surface area (Å²) in [6.07, 6.45) is 67.6. The van der Waals surface area contributed by atoms with E-state index in [0.717, 1.165) is 64.2 Å². The van der Waals surface area contributed by atoms with Crippen molar-refractivity contribution < 1.29 is 28.6 Å². The fraction of sp³-hybridized carbons (Fsp3) is 0.887. The average Bonchev–Trinajstić information content (AvgIpc) is 3.34. The lowest BCUT2D eigenvalue weighted by atomic mass is 10.0. The average molecular weight is 958 g/mol. The van der Waals surface area contributed by atoms with E-state index < -0.39 is 6.10 Å². The molecule has 6 nitrogen and oxygen atoms in total. The first kappa shape index (κ1) is 65.9. The van der Waals surface area contributed by atoms with Crippen LogP contribution in [0.3, 0.4) is 0 Å². The molecule has 0 amide bonds. The second kappa shape index (κ2) is 57.5. The number of carbonyl (C=O) groups excluding carboxylic acids is 3. The molecule has 68 heavy (non-hydrogen) atoms. The predicted molar refractivity (Wildman–Crippen MR) is 293 cm³/mol. The molecule has 0 radical (unpaired) electrons. The normalized spacial score (nSPS) is 12.1. The van der Waals surface area contributed by atoms with E-state index in [0.29, 0.717) is 19.3 Å². The molecule has 0 heterocycles. The van der Waals surface area contributed by atoms with E-state index in [1.807, 2.05) is 0 Å². The van der Waals surface area contributed by atoms with Crippen molar-refractivity contribution in [1.82, 2.24) is 0 Å². The molecule has 0 aliphatic carbocycles. The van der Waals surface area contributed by atoms with E-state index >= 15 is 0 Å². The zero-order valence-electron chi connectivity index (χ0n) is 45.9. The SMILES string of the molecule is CCCCCCC/C=C\C/C=C\CCCCCCCCCCCCCC(=O)OCC(COC(=O)CCCCCCCCCC)OC(=O)CCCCCCCCCCCCCCCCCCCCC. The molecular weight excluding hydrogens is 841 g/mol. The fourth-order valence-corrected chi connectivity index (χ4v) is 9.12. The largest absolute Gasteiger partial charge is 0.462 e. The highest BCUT2D eigenvalue weighted by Gasteiger charge is 2.19. The van der Waals surface area contributed by atoms with Crippen LogP contribution in [0.4, 0.5) is 0 Å². The van der Waals surface area contributed by atoms with Gasteiger partial charge >= 0.3 is 17.9 Å². The van der Waals surface area contributed by atoms with Gasteiger partial charge in [0.2, 0.25) is 0 Å². The summed E-state index contributed by atoms with van der Waals surface area (Å²) in [5.74, 6) is -0.851. The molecule has 0 spiro atoms. The lowest BCUT2D eigenvalue weighted by molar-refractivity contribution is -0.167. The van der Waals surface area contributed by atoms with Gasteiger partial charge in [-0.2, -0.15) is 0 Å². The van der Waals surface area contributed by atoms with Gasteiger partial charge in [0.15, 0.2) is 6.10 Å². The third-order valence-corrected chi connectivity index (χ3v) is 13.7. The highest BCUT2D eigenvalue weighted by Crippen LogP contribution is 2.17. The van der Waals surface area contributed by atoms with Crippen LogP contribution in [0.15, 0.2) is 24.3 Å². The second-order valence-electron chi connectivity index (χ2n) is 20.6. The van der Waals surface area contributed by atoms with Crippen molar-refractivity contribution in [2.75, 3.05) is 13.2 Å². The summed E-state index contributed by atoms with van der Waals surface area (Å²) in [6.45, 7) is 6.65. The van der Waals surface area contributed by atoms with E-state index in [-0.39, 0.29) is 31.1 Å². The molecular formula is C62H116O6. The van der Waals surface area contributed by atoms with Gasteiger partial charge in [-0.1, -0.05) is 289 Å². The lowest BCUT2D eigenvalue weighted by Gasteiger charge is -2.18. The van der Waals surface area contributed by atoms with Crippen molar-refractivity contribution in [1.29, 1.82) is 0 Å². The van der Waals surface area contributed by atoms with Crippen LogP contribution < -0.4 is 0 Å². The van der Waals surface area contributed by atoms with Gasteiger partial charge in [-0.25, -0.2) is 0 Å². The number of carbonyl (C=O) groups is 3. The highest BCUT2D eigenvalue weighted by molar-refractivity contribution is 5.71.